The van der Waals surface area contributed by atoms with Crippen molar-refractivity contribution in [2.45, 2.75) is 156 Å². The van der Waals surface area contributed by atoms with Crippen LogP contribution in [0, 0.1) is 5.41 Å². The van der Waals surface area contributed by atoms with Gasteiger partial charge >= 0.3 is 0 Å². The molecular weight excluding hydrogens is 538 g/mol. The quantitative estimate of drug-likeness (QED) is 0.140. The van der Waals surface area contributed by atoms with Gasteiger partial charge in [-0.25, -0.2) is 0 Å². The Labute approximate surface area is 206 Å². The van der Waals surface area contributed by atoms with Crippen molar-refractivity contribution < 1.29 is 26.2 Å². The molecule has 0 aliphatic rings. The Bertz CT molecular complexity index is 263. The van der Waals surface area contributed by atoms with Gasteiger partial charge in [-0.2, -0.15) is 6.54 Å². The molecule has 3 heteroatoms. The Morgan fingerprint density at radius 1 is 0.533 bits per heavy atom. The molecule has 0 saturated carbocycles. The fraction of sp³-hybridized carbons (Fsp3) is 1.00. The fourth-order valence-corrected chi connectivity index (χ4v) is 3.62. The average Bonchev–Trinajstić information content (AvgIpc) is 2.68. The third kappa shape index (κ3) is 39.1. The van der Waals surface area contributed by atoms with Crippen LogP contribution in [0.4, 0.5) is 0 Å². The maximum absolute atomic E-state index is 8.53. The predicted molar refractivity (Wildman–Crippen MR) is 134 cm³/mol. The Kier molecular flexibility index (Phi) is 34.7. The van der Waals surface area contributed by atoms with Gasteiger partial charge in [-0.05, 0) is 18.3 Å². The maximum atomic E-state index is 8.53. The number of unbranched alkanes of at least 4 members (excludes halogenated alkanes) is 17. The summed E-state index contributed by atoms with van der Waals surface area (Å²) in [5, 5.41) is 8.53. The number of nitrogens with one attached hydrogen (secondary N) is 1. The van der Waals surface area contributed by atoms with Gasteiger partial charge in [0.1, 0.15) is 0 Å². The molecule has 0 bridgehead atoms. The Morgan fingerprint density at radius 2 is 0.867 bits per heavy atom. The van der Waals surface area contributed by atoms with E-state index >= 15 is 0 Å². The monoisotopic (exact) mass is 596 g/mol. The zero-order valence-electron chi connectivity index (χ0n) is 21.4. The number of aliphatic hydroxyl groups is 1. The molecule has 0 amide bonds. The first-order chi connectivity index (χ1) is 14.0. The molecule has 0 spiro atoms. The molecule has 184 valence electrons. The smallest absolute Gasteiger partial charge is 0.0431 e. The van der Waals surface area contributed by atoms with Gasteiger partial charge in [0.05, 0.1) is 0 Å². The van der Waals surface area contributed by atoms with Crippen molar-refractivity contribution in [3.8, 4) is 0 Å². The molecule has 0 unspecified atom stereocenters. The molecule has 2 nitrogen and oxygen atoms in total. The molecular formula is C27H58NOW-. The van der Waals surface area contributed by atoms with Gasteiger partial charge in [-0.3, -0.25) is 0 Å². The van der Waals surface area contributed by atoms with Crippen LogP contribution in [0.2, 0.25) is 0 Å². The van der Waals surface area contributed by atoms with Gasteiger partial charge in [-0.1, -0.05) is 143 Å². The van der Waals surface area contributed by atoms with Crippen LogP contribution in [-0.2, 0) is 21.1 Å². The molecule has 0 atom stereocenters. The molecule has 0 rings (SSSR count). The second kappa shape index (κ2) is 29.6. The van der Waals surface area contributed by atoms with E-state index in [9.17, 15) is 0 Å². The summed E-state index contributed by atoms with van der Waals surface area (Å²) in [7, 11) is 0. The Balaban J connectivity index is -0.000000525. The summed E-state index contributed by atoms with van der Waals surface area (Å²) < 4.78 is 0. The van der Waals surface area contributed by atoms with Gasteiger partial charge in [-0.15, -0.1) is 0 Å². The number of rotatable bonds is 20. The number of aliphatic hydroxyl groups excluding tert-OH is 1. The molecule has 0 radical (unpaired) electrons. The molecule has 0 fully saturated rings. The largest absolute Gasteiger partial charge is 0.677 e. The first-order valence-corrected chi connectivity index (χ1v) is 13.2. The third-order valence-electron chi connectivity index (χ3n) is 5.62. The molecule has 0 heterocycles. The first-order valence-electron chi connectivity index (χ1n) is 13.2. The SMILES string of the molecule is CC(C)(C)CCCCCCO.CCCCCCCCCCCCCCCCC[NH-].[W]. The summed E-state index contributed by atoms with van der Waals surface area (Å²) in [5.41, 5.74) is 7.55. The van der Waals surface area contributed by atoms with Crippen molar-refractivity contribution in [3.05, 3.63) is 5.73 Å². The summed E-state index contributed by atoms with van der Waals surface area (Å²) in [6.07, 6.45) is 27.1. The number of hydrogen-bond donors (Lipinski definition) is 1. The van der Waals surface area contributed by atoms with Crippen LogP contribution in [0.5, 0.6) is 0 Å². The summed E-state index contributed by atoms with van der Waals surface area (Å²) in [6.45, 7) is 10.1. The van der Waals surface area contributed by atoms with E-state index in [1.54, 1.807) is 0 Å². The zero-order valence-corrected chi connectivity index (χ0v) is 24.3. The van der Waals surface area contributed by atoms with Crippen molar-refractivity contribution in [1.82, 2.24) is 0 Å². The Hall–Kier alpha value is 0.608. The van der Waals surface area contributed by atoms with Gasteiger partial charge in [0.25, 0.3) is 0 Å². The van der Waals surface area contributed by atoms with E-state index in [0.29, 0.717) is 18.6 Å². The van der Waals surface area contributed by atoms with Gasteiger partial charge in [0, 0.05) is 27.7 Å². The second-order valence-corrected chi connectivity index (χ2v) is 10.1. The molecule has 0 aliphatic heterocycles. The molecule has 30 heavy (non-hydrogen) atoms. The average molecular weight is 597 g/mol. The van der Waals surface area contributed by atoms with Crippen molar-refractivity contribution in [1.29, 1.82) is 0 Å². The molecule has 0 saturated heterocycles. The standard InChI is InChI=1S/C17H36N.C10H22O.W/c1-2-3-4-5-6-7-8-9-10-11-12-13-14-15-16-17-18;1-10(2,3)8-6-4-5-7-9-11;/h18H,2-17H2,1H3;11H,4-9H2,1-3H3;/q-1;;. The van der Waals surface area contributed by atoms with E-state index in [1.807, 2.05) is 0 Å². The van der Waals surface area contributed by atoms with E-state index < -0.39 is 0 Å². The van der Waals surface area contributed by atoms with Crippen LogP contribution in [0.25, 0.3) is 5.73 Å². The molecule has 0 aromatic carbocycles. The van der Waals surface area contributed by atoms with Crippen molar-refractivity contribution in [3.63, 3.8) is 0 Å². The topological polar surface area (TPSA) is 44.0 Å². The van der Waals surface area contributed by atoms with Gasteiger partial charge in [0.2, 0.25) is 0 Å². The van der Waals surface area contributed by atoms with E-state index in [2.05, 4.69) is 27.7 Å². The fourth-order valence-electron chi connectivity index (χ4n) is 3.62. The summed E-state index contributed by atoms with van der Waals surface area (Å²) >= 11 is 0. The predicted octanol–water partition coefficient (Wildman–Crippen LogP) is 9.88. The maximum Gasteiger partial charge on any atom is 0.0431 e. The van der Waals surface area contributed by atoms with Crippen LogP contribution in [0.3, 0.4) is 0 Å². The zero-order chi connectivity index (χ0) is 22.1. The minimum atomic E-state index is 0. The first kappa shape index (κ1) is 35.2. The number of hydrogen-bond acceptors (Lipinski definition) is 1. The van der Waals surface area contributed by atoms with E-state index in [4.69, 9.17) is 10.8 Å². The third-order valence-corrected chi connectivity index (χ3v) is 5.62. The van der Waals surface area contributed by atoms with E-state index in [1.165, 1.54) is 116 Å². The minimum absolute atomic E-state index is 0. The summed E-state index contributed by atoms with van der Waals surface area (Å²) in [6, 6.07) is 0. The van der Waals surface area contributed by atoms with Crippen LogP contribution < -0.4 is 0 Å². The minimum Gasteiger partial charge on any atom is -0.677 e. The molecule has 2 N–H and O–H groups in total. The van der Waals surface area contributed by atoms with E-state index in [-0.39, 0.29) is 21.1 Å². The van der Waals surface area contributed by atoms with Crippen molar-refractivity contribution in [2.24, 2.45) is 5.41 Å². The van der Waals surface area contributed by atoms with E-state index in [0.717, 1.165) is 12.8 Å². The second-order valence-electron chi connectivity index (χ2n) is 10.1. The summed E-state index contributed by atoms with van der Waals surface area (Å²) in [4.78, 5) is 0. The van der Waals surface area contributed by atoms with Crippen molar-refractivity contribution in [2.75, 3.05) is 13.2 Å². The Morgan fingerprint density at radius 3 is 1.20 bits per heavy atom. The van der Waals surface area contributed by atoms with Gasteiger partial charge < -0.3 is 10.8 Å². The molecule has 0 aromatic heterocycles. The van der Waals surface area contributed by atoms with Crippen LogP contribution in [-0.4, -0.2) is 18.3 Å². The normalized spacial score (nSPS) is 11.0. The van der Waals surface area contributed by atoms with Crippen molar-refractivity contribution >= 4 is 0 Å². The van der Waals surface area contributed by atoms with Crippen LogP contribution >= 0.6 is 0 Å². The van der Waals surface area contributed by atoms with Crippen LogP contribution in [0.15, 0.2) is 0 Å². The molecule has 0 aromatic rings. The van der Waals surface area contributed by atoms with Gasteiger partial charge in [0.15, 0.2) is 0 Å². The molecule has 0 aliphatic carbocycles. The van der Waals surface area contributed by atoms with Crippen LogP contribution in [0.1, 0.15) is 156 Å². The summed E-state index contributed by atoms with van der Waals surface area (Å²) in [5.74, 6) is 0.